The van der Waals surface area contributed by atoms with Gasteiger partial charge in [-0.1, -0.05) is 13.8 Å². The Hall–Kier alpha value is -0.520. The Kier molecular flexibility index (Phi) is 5.25. The van der Waals surface area contributed by atoms with Crippen LogP contribution in [0.5, 0.6) is 0 Å². The molecule has 2 nitrogen and oxygen atoms in total. The molecule has 1 aromatic rings. The number of halogens is 3. The van der Waals surface area contributed by atoms with Gasteiger partial charge >= 0.3 is 0 Å². The second-order valence-corrected chi connectivity index (χ2v) is 5.89. The van der Waals surface area contributed by atoms with E-state index in [0.29, 0.717) is 0 Å². The van der Waals surface area contributed by atoms with Gasteiger partial charge in [-0.2, -0.15) is 0 Å². The summed E-state index contributed by atoms with van der Waals surface area (Å²) in [7, 11) is 0. The smallest absolute Gasteiger partial charge is 0.143 e. The third-order valence-electron chi connectivity index (χ3n) is 2.59. The third kappa shape index (κ3) is 4.30. The molecule has 1 aromatic carbocycles. The van der Waals surface area contributed by atoms with E-state index < -0.39 is 17.2 Å². The number of rotatable bonds is 5. The number of aliphatic hydroxyl groups is 1. The van der Waals surface area contributed by atoms with Crippen molar-refractivity contribution in [3.05, 3.63) is 33.8 Å². The maximum atomic E-state index is 13.8. The van der Waals surface area contributed by atoms with Gasteiger partial charge in [0.25, 0.3) is 0 Å². The summed E-state index contributed by atoms with van der Waals surface area (Å²) in [5.41, 5.74) is -1.30. The first-order valence-electron chi connectivity index (χ1n) is 5.81. The van der Waals surface area contributed by atoms with E-state index >= 15 is 0 Å². The van der Waals surface area contributed by atoms with Gasteiger partial charge in [-0.15, -0.1) is 0 Å². The average Bonchev–Trinajstić information content (AvgIpc) is 2.27. The zero-order valence-corrected chi connectivity index (χ0v) is 12.3. The summed E-state index contributed by atoms with van der Waals surface area (Å²) in [6, 6.07) is 2.71. The highest BCUT2D eigenvalue weighted by atomic mass is 79.9. The summed E-state index contributed by atoms with van der Waals surface area (Å²) in [5.74, 6) is -1.29. The average molecular weight is 322 g/mol. The van der Waals surface area contributed by atoms with Gasteiger partial charge in [0, 0.05) is 24.6 Å². The van der Waals surface area contributed by atoms with Crippen LogP contribution < -0.4 is 5.32 Å². The molecular formula is C13H18BrF2NO. The normalized spacial score (nSPS) is 14.9. The first-order chi connectivity index (χ1) is 8.23. The number of hydrogen-bond acceptors (Lipinski definition) is 2. The van der Waals surface area contributed by atoms with Gasteiger partial charge in [-0.05, 0) is 35.0 Å². The van der Waals surface area contributed by atoms with Gasteiger partial charge in [0.1, 0.15) is 11.6 Å². The van der Waals surface area contributed by atoms with Crippen LogP contribution in [0.4, 0.5) is 8.78 Å². The van der Waals surface area contributed by atoms with E-state index in [0.717, 1.165) is 0 Å². The highest BCUT2D eigenvalue weighted by Gasteiger charge is 2.25. The molecule has 1 unspecified atom stereocenters. The first kappa shape index (κ1) is 15.5. The molecule has 0 saturated heterocycles. The Morgan fingerprint density at radius 2 is 2.00 bits per heavy atom. The van der Waals surface area contributed by atoms with Crippen molar-refractivity contribution in [1.82, 2.24) is 5.32 Å². The third-order valence-corrected chi connectivity index (χ3v) is 3.20. The summed E-state index contributed by atoms with van der Waals surface area (Å²) in [5, 5.41) is 13.2. The predicted octanol–water partition coefficient (Wildman–Crippen LogP) is 3.02. The van der Waals surface area contributed by atoms with E-state index in [1.165, 1.54) is 12.1 Å². The molecule has 0 aliphatic carbocycles. The van der Waals surface area contributed by atoms with E-state index in [1.807, 2.05) is 13.8 Å². The van der Waals surface area contributed by atoms with Crippen molar-refractivity contribution < 1.29 is 13.9 Å². The van der Waals surface area contributed by atoms with Gasteiger partial charge in [-0.25, -0.2) is 8.78 Å². The molecule has 1 rings (SSSR count). The second kappa shape index (κ2) is 6.08. The fourth-order valence-electron chi connectivity index (χ4n) is 1.60. The summed E-state index contributed by atoms with van der Waals surface area (Å²) in [6.07, 6.45) is -0.0795. The zero-order chi connectivity index (χ0) is 13.9. The van der Waals surface area contributed by atoms with Crippen LogP contribution in [0.15, 0.2) is 16.6 Å². The van der Waals surface area contributed by atoms with E-state index in [4.69, 9.17) is 0 Å². The Morgan fingerprint density at radius 3 is 2.56 bits per heavy atom. The zero-order valence-electron chi connectivity index (χ0n) is 10.7. The molecule has 0 fully saturated rings. The molecule has 0 saturated carbocycles. The molecule has 0 spiro atoms. The highest BCUT2D eigenvalue weighted by molar-refractivity contribution is 9.10. The van der Waals surface area contributed by atoms with Crippen LogP contribution in [-0.4, -0.2) is 23.3 Å². The van der Waals surface area contributed by atoms with Crippen molar-refractivity contribution in [3.63, 3.8) is 0 Å². The molecule has 0 aliphatic rings. The van der Waals surface area contributed by atoms with Crippen LogP contribution in [0.1, 0.15) is 26.3 Å². The molecule has 0 heterocycles. The maximum Gasteiger partial charge on any atom is 0.143 e. The molecule has 0 aromatic heterocycles. The molecule has 2 N–H and O–H groups in total. The van der Waals surface area contributed by atoms with E-state index in [2.05, 4.69) is 21.2 Å². The number of nitrogens with one attached hydrogen (secondary N) is 1. The van der Waals surface area contributed by atoms with E-state index in [1.54, 1.807) is 6.92 Å². The highest BCUT2D eigenvalue weighted by Crippen LogP contribution is 2.25. The quantitative estimate of drug-likeness (QED) is 0.817. The van der Waals surface area contributed by atoms with Crippen molar-refractivity contribution in [3.8, 4) is 0 Å². The monoisotopic (exact) mass is 321 g/mol. The van der Waals surface area contributed by atoms with Crippen molar-refractivity contribution in [2.45, 2.75) is 38.8 Å². The van der Waals surface area contributed by atoms with E-state index in [9.17, 15) is 13.9 Å². The Labute approximate surface area is 115 Å². The lowest BCUT2D eigenvalue weighted by molar-refractivity contribution is 0.0563. The van der Waals surface area contributed by atoms with E-state index in [-0.39, 0.29) is 29.0 Å². The summed E-state index contributed by atoms with van der Waals surface area (Å²) in [6.45, 7) is 5.71. The molecule has 0 bridgehead atoms. The minimum atomic E-state index is -1.20. The first-order valence-corrected chi connectivity index (χ1v) is 6.60. The Balaban J connectivity index is 2.86. The SMILES string of the molecule is CC(C)NCC(C)(O)Cc1c(F)ccc(Br)c1F. The second-order valence-electron chi connectivity index (χ2n) is 5.03. The van der Waals surface area contributed by atoms with Crippen molar-refractivity contribution >= 4 is 15.9 Å². The molecule has 0 amide bonds. The minimum Gasteiger partial charge on any atom is -0.389 e. The molecule has 18 heavy (non-hydrogen) atoms. The lowest BCUT2D eigenvalue weighted by atomic mass is 9.95. The van der Waals surface area contributed by atoms with Gasteiger partial charge in [0.15, 0.2) is 0 Å². The van der Waals surface area contributed by atoms with Crippen LogP contribution >= 0.6 is 15.9 Å². The Bertz CT molecular complexity index is 422. The van der Waals surface area contributed by atoms with Crippen LogP contribution in [0.25, 0.3) is 0 Å². The molecule has 0 aliphatic heterocycles. The number of benzene rings is 1. The van der Waals surface area contributed by atoms with Crippen molar-refractivity contribution in [1.29, 1.82) is 0 Å². The van der Waals surface area contributed by atoms with Crippen LogP contribution in [0, 0.1) is 11.6 Å². The predicted molar refractivity (Wildman–Crippen MR) is 71.5 cm³/mol. The molecule has 102 valence electrons. The molecular weight excluding hydrogens is 304 g/mol. The van der Waals surface area contributed by atoms with Crippen LogP contribution in [0.3, 0.4) is 0 Å². The van der Waals surface area contributed by atoms with Crippen LogP contribution in [-0.2, 0) is 6.42 Å². The summed E-state index contributed by atoms with van der Waals surface area (Å²) < 4.78 is 27.5. The van der Waals surface area contributed by atoms with Gasteiger partial charge < -0.3 is 10.4 Å². The van der Waals surface area contributed by atoms with Crippen LogP contribution in [0.2, 0.25) is 0 Å². The lowest BCUT2D eigenvalue weighted by Crippen LogP contribution is -2.42. The fourth-order valence-corrected chi connectivity index (χ4v) is 1.97. The van der Waals surface area contributed by atoms with Gasteiger partial charge in [0.05, 0.1) is 10.1 Å². The largest absolute Gasteiger partial charge is 0.389 e. The Morgan fingerprint density at radius 1 is 1.39 bits per heavy atom. The fraction of sp³-hybridized carbons (Fsp3) is 0.538. The number of hydrogen-bond donors (Lipinski definition) is 2. The minimum absolute atomic E-state index is 0.0795. The molecule has 1 atom stereocenters. The maximum absolute atomic E-state index is 13.8. The topological polar surface area (TPSA) is 32.3 Å². The molecule has 0 radical (unpaired) electrons. The summed E-state index contributed by atoms with van der Waals surface area (Å²) in [4.78, 5) is 0. The van der Waals surface area contributed by atoms with Gasteiger partial charge in [-0.3, -0.25) is 0 Å². The lowest BCUT2D eigenvalue weighted by Gasteiger charge is -2.25. The summed E-state index contributed by atoms with van der Waals surface area (Å²) >= 11 is 3.01. The van der Waals surface area contributed by atoms with Gasteiger partial charge in [0.2, 0.25) is 0 Å². The molecule has 5 heteroatoms. The van der Waals surface area contributed by atoms with Crippen molar-refractivity contribution in [2.75, 3.05) is 6.54 Å². The standard InChI is InChI=1S/C13H18BrF2NO/c1-8(2)17-7-13(3,18)6-9-11(15)5-4-10(14)12(9)16/h4-5,8,17-18H,6-7H2,1-3H3. The van der Waals surface area contributed by atoms with Crippen molar-refractivity contribution in [2.24, 2.45) is 0 Å².